The molecule has 0 fully saturated rings. The van der Waals surface area contributed by atoms with E-state index in [0.717, 1.165) is 17.2 Å². The third-order valence-corrected chi connectivity index (χ3v) is 2.97. The van der Waals surface area contributed by atoms with Gasteiger partial charge in [0.1, 0.15) is 18.1 Å². The first-order valence-electron chi connectivity index (χ1n) is 7.02. The van der Waals surface area contributed by atoms with Gasteiger partial charge in [0, 0.05) is 23.3 Å². The summed E-state index contributed by atoms with van der Waals surface area (Å²) in [5, 5.41) is 4.02. The van der Waals surface area contributed by atoms with Gasteiger partial charge in [0.05, 0.1) is 6.10 Å². The van der Waals surface area contributed by atoms with Crippen LogP contribution >= 0.6 is 11.6 Å². The molecule has 0 aliphatic heterocycles. The van der Waals surface area contributed by atoms with Gasteiger partial charge in [-0.15, -0.1) is 0 Å². The molecule has 4 heteroatoms. The van der Waals surface area contributed by atoms with E-state index in [1.807, 2.05) is 62.4 Å². The Labute approximate surface area is 130 Å². The maximum absolute atomic E-state index is 5.82. The average Bonchev–Trinajstić information content (AvgIpc) is 2.45. The lowest BCUT2D eigenvalue weighted by Gasteiger charge is -2.12. The van der Waals surface area contributed by atoms with Crippen LogP contribution in [-0.4, -0.2) is 19.3 Å². The molecular formula is C17H20ClNO2. The van der Waals surface area contributed by atoms with Gasteiger partial charge in [0.25, 0.3) is 0 Å². The zero-order valence-corrected chi connectivity index (χ0v) is 13.1. The third kappa shape index (κ3) is 5.56. The van der Waals surface area contributed by atoms with Crippen LogP contribution in [0.3, 0.4) is 0 Å². The van der Waals surface area contributed by atoms with Gasteiger partial charge < -0.3 is 14.8 Å². The summed E-state index contributed by atoms with van der Waals surface area (Å²) in [7, 11) is 0. The Morgan fingerprint density at radius 1 is 1.05 bits per heavy atom. The van der Waals surface area contributed by atoms with Gasteiger partial charge in [-0.3, -0.25) is 0 Å². The van der Waals surface area contributed by atoms with Gasteiger partial charge in [0.2, 0.25) is 0 Å². The summed E-state index contributed by atoms with van der Waals surface area (Å²) in [6.07, 6.45) is 0.175. The van der Waals surface area contributed by atoms with Gasteiger partial charge in [0.15, 0.2) is 0 Å². The summed E-state index contributed by atoms with van der Waals surface area (Å²) < 4.78 is 11.3. The van der Waals surface area contributed by atoms with Gasteiger partial charge >= 0.3 is 0 Å². The zero-order chi connectivity index (χ0) is 15.1. The molecule has 0 bridgehead atoms. The quantitative estimate of drug-likeness (QED) is 0.757. The van der Waals surface area contributed by atoms with Crippen LogP contribution in [0, 0.1) is 0 Å². The van der Waals surface area contributed by atoms with Crippen LogP contribution in [0.25, 0.3) is 0 Å². The number of benzene rings is 2. The smallest absolute Gasteiger partial charge is 0.121 e. The fraction of sp³-hybridized carbons (Fsp3) is 0.294. The molecule has 1 N–H and O–H groups in total. The Bertz CT molecular complexity index is 555. The lowest BCUT2D eigenvalue weighted by atomic mass is 10.3. The largest absolute Gasteiger partial charge is 0.492 e. The van der Waals surface area contributed by atoms with Gasteiger partial charge in [-0.1, -0.05) is 17.7 Å². The molecule has 0 amide bonds. The summed E-state index contributed by atoms with van der Waals surface area (Å²) in [6.45, 7) is 5.32. The van der Waals surface area contributed by atoms with Gasteiger partial charge in [-0.05, 0) is 50.2 Å². The Hall–Kier alpha value is -1.87. The second kappa shape index (κ2) is 7.79. The number of ether oxygens (including phenoxy) is 2. The van der Waals surface area contributed by atoms with Crippen molar-refractivity contribution in [1.29, 1.82) is 0 Å². The highest BCUT2D eigenvalue weighted by atomic mass is 35.5. The highest BCUT2D eigenvalue weighted by Gasteiger charge is 1.99. The second-order valence-corrected chi connectivity index (χ2v) is 5.36. The average molecular weight is 306 g/mol. The van der Waals surface area contributed by atoms with E-state index in [1.54, 1.807) is 0 Å². The van der Waals surface area contributed by atoms with Crippen molar-refractivity contribution in [2.45, 2.75) is 20.0 Å². The molecule has 0 radical (unpaired) electrons. The molecule has 0 heterocycles. The molecule has 0 aromatic heterocycles. The summed E-state index contributed by atoms with van der Waals surface area (Å²) in [5.41, 5.74) is 1.02. The lowest BCUT2D eigenvalue weighted by molar-refractivity contribution is 0.242. The van der Waals surface area contributed by atoms with Crippen molar-refractivity contribution in [2.75, 3.05) is 18.5 Å². The topological polar surface area (TPSA) is 30.5 Å². The SMILES string of the molecule is CC(C)Oc1cccc(NCCOc2ccc(Cl)cc2)c1. The molecule has 0 aliphatic carbocycles. The standard InChI is InChI=1S/C17H20ClNO2/c1-13(2)21-17-5-3-4-15(12-17)19-10-11-20-16-8-6-14(18)7-9-16/h3-9,12-13,19H,10-11H2,1-2H3. The monoisotopic (exact) mass is 305 g/mol. The summed E-state index contributed by atoms with van der Waals surface area (Å²) >= 11 is 5.82. The molecule has 2 rings (SSSR count). The molecule has 0 saturated heterocycles. The minimum Gasteiger partial charge on any atom is -0.492 e. The molecule has 21 heavy (non-hydrogen) atoms. The molecule has 0 saturated carbocycles. The number of hydrogen-bond donors (Lipinski definition) is 1. The molecular weight excluding hydrogens is 286 g/mol. The second-order valence-electron chi connectivity index (χ2n) is 4.92. The predicted molar refractivity (Wildman–Crippen MR) is 87.6 cm³/mol. The van der Waals surface area contributed by atoms with Crippen LogP contribution in [0.4, 0.5) is 5.69 Å². The van der Waals surface area contributed by atoms with E-state index in [2.05, 4.69) is 5.32 Å². The number of nitrogens with one attached hydrogen (secondary N) is 1. The van der Waals surface area contributed by atoms with Gasteiger partial charge in [-0.25, -0.2) is 0 Å². The Morgan fingerprint density at radius 2 is 1.81 bits per heavy atom. The van der Waals surface area contributed by atoms with Crippen molar-refractivity contribution in [3.8, 4) is 11.5 Å². The van der Waals surface area contributed by atoms with E-state index in [-0.39, 0.29) is 6.10 Å². The Kier molecular flexibility index (Phi) is 5.76. The highest BCUT2D eigenvalue weighted by molar-refractivity contribution is 6.30. The molecule has 0 unspecified atom stereocenters. The number of hydrogen-bond acceptors (Lipinski definition) is 3. The highest BCUT2D eigenvalue weighted by Crippen LogP contribution is 2.18. The lowest BCUT2D eigenvalue weighted by Crippen LogP contribution is -2.11. The van der Waals surface area contributed by atoms with Crippen LogP contribution in [0.15, 0.2) is 48.5 Å². The van der Waals surface area contributed by atoms with Crippen LogP contribution in [-0.2, 0) is 0 Å². The summed E-state index contributed by atoms with van der Waals surface area (Å²) in [5.74, 6) is 1.69. The molecule has 2 aromatic carbocycles. The molecule has 2 aromatic rings. The summed E-state index contributed by atoms with van der Waals surface area (Å²) in [4.78, 5) is 0. The van der Waals surface area contributed by atoms with Crippen molar-refractivity contribution < 1.29 is 9.47 Å². The van der Waals surface area contributed by atoms with Crippen molar-refractivity contribution >= 4 is 17.3 Å². The van der Waals surface area contributed by atoms with E-state index >= 15 is 0 Å². The Balaban J connectivity index is 1.76. The zero-order valence-electron chi connectivity index (χ0n) is 12.3. The minimum atomic E-state index is 0.175. The number of halogens is 1. The third-order valence-electron chi connectivity index (χ3n) is 2.72. The van der Waals surface area contributed by atoms with Crippen LogP contribution in [0.5, 0.6) is 11.5 Å². The molecule has 0 atom stereocenters. The van der Waals surface area contributed by atoms with Crippen LogP contribution < -0.4 is 14.8 Å². The first-order chi connectivity index (χ1) is 10.1. The fourth-order valence-electron chi connectivity index (χ4n) is 1.85. The molecule has 3 nitrogen and oxygen atoms in total. The van der Waals surface area contributed by atoms with Crippen LogP contribution in [0.2, 0.25) is 5.02 Å². The number of anilines is 1. The minimum absolute atomic E-state index is 0.175. The molecule has 0 spiro atoms. The van der Waals surface area contributed by atoms with Crippen molar-refractivity contribution in [3.05, 3.63) is 53.6 Å². The van der Waals surface area contributed by atoms with E-state index in [9.17, 15) is 0 Å². The van der Waals surface area contributed by atoms with E-state index in [4.69, 9.17) is 21.1 Å². The van der Waals surface area contributed by atoms with Crippen molar-refractivity contribution in [1.82, 2.24) is 0 Å². The first kappa shape index (κ1) is 15.5. The predicted octanol–water partition coefficient (Wildman–Crippen LogP) is 4.62. The first-order valence-corrected chi connectivity index (χ1v) is 7.40. The number of rotatable bonds is 7. The maximum atomic E-state index is 5.82. The maximum Gasteiger partial charge on any atom is 0.121 e. The van der Waals surface area contributed by atoms with Gasteiger partial charge in [-0.2, -0.15) is 0 Å². The molecule has 0 aliphatic rings. The molecule has 112 valence electrons. The summed E-state index contributed by atoms with van der Waals surface area (Å²) in [6, 6.07) is 15.3. The van der Waals surface area contributed by atoms with Crippen LogP contribution in [0.1, 0.15) is 13.8 Å². The van der Waals surface area contributed by atoms with Crippen molar-refractivity contribution in [3.63, 3.8) is 0 Å². The van der Waals surface area contributed by atoms with E-state index < -0.39 is 0 Å². The Morgan fingerprint density at radius 3 is 2.52 bits per heavy atom. The van der Waals surface area contributed by atoms with Crippen molar-refractivity contribution in [2.24, 2.45) is 0 Å². The fourth-order valence-corrected chi connectivity index (χ4v) is 1.97. The van der Waals surface area contributed by atoms with E-state index in [1.165, 1.54) is 0 Å². The van der Waals surface area contributed by atoms with E-state index in [0.29, 0.717) is 18.2 Å². The normalized spacial score (nSPS) is 10.5.